The van der Waals surface area contributed by atoms with Crippen molar-refractivity contribution in [3.8, 4) is 0 Å². The molecule has 0 radical (unpaired) electrons. The van der Waals surface area contributed by atoms with Gasteiger partial charge >= 0.3 is 6.09 Å². The first-order valence-electron chi connectivity index (χ1n) is 8.90. The van der Waals surface area contributed by atoms with E-state index in [0.717, 1.165) is 24.8 Å². The van der Waals surface area contributed by atoms with Crippen LogP contribution in [0.15, 0.2) is 54.6 Å². The summed E-state index contributed by atoms with van der Waals surface area (Å²) in [5.74, 6) is -0.277. The van der Waals surface area contributed by atoms with E-state index < -0.39 is 12.1 Å². The van der Waals surface area contributed by atoms with Crippen molar-refractivity contribution in [3.05, 3.63) is 65.7 Å². The zero-order valence-corrected chi connectivity index (χ0v) is 15.3. The average molecular weight is 354 g/mol. The number of amides is 2. The summed E-state index contributed by atoms with van der Waals surface area (Å²) in [6.45, 7) is 2.16. The molecular formula is C21H26N2O3. The molecule has 0 saturated carbocycles. The number of nitrogens with one attached hydrogen (secondary N) is 2. The Labute approximate surface area is 154 Å². The predicted molar refractivity (Wildman–Crippen MR) is 103 cm³/mol. The van der Waals surface area contributed by atoms with Crippen LogP contribution in [0.5, 0.6) is 0 Å². The van der Waals surface area contributed by atoms with Crippen LogP contribution in [-0.2, 0) is 22.4 Å². The summed E-state index contributed by atoms with van der Waals surface area (Å²) >= 11 is 0. The molecule has 2 amide bonds. The zero-order chi connectivity index (χ0) is 18.8. The molecule has 5 nitrogen and oxygen atoms in total. The molecule has 2 N–H and O–H groups in total. The molecule has 0 heterocycles. The van der Waals surface area contributed by atoms with E-state index in [9.17, 15) is 9.59 Å². The Bertz CT molecular complexity index is 699. The molecular weight excluding hydrogens is 328 g/mol. The van der Waals surface area contributed by atoms with Crippen LogP contribution in [0.4, 0.5) is 10.5 Å². The number of hydrogen-bond acceptors (Lipinski definition) is 3. The van der Waals surface area contributed by atoms with Crippen LogP contribution in [0.1, 0.15) is 30.9 Å². The fourth-order valence-corrected chi connectivity index (χ4v) is 2.63. The van der Waals surface area contributed by atoms with Gasteiger partial charge in [0.25, 0.3) is 0 Å². The first-order chi connectivity index (χ1) is 12.6. The maximum absolute atomic E-state index is 12.6. The average Bonchev–Trinajstić information content (AvgIpc) is 2.67. The van der Waals surface area contributed by atoms with Crippen molar-refractivity contribution in [3.63, 3.8) is 0 Å². The molecule has 0 aromatic heterocycles. The second kappa shape index (κ2) is 10.2. The number of benzene rings is 2. The van der Waals surface area contributed by atoms with E-state index in [1.165, 1.54) is 12.7 Å². The normalized spacial score (nSPS) is 11.5. The number of alkyl carbamates (subject to hydrolysis) is 1. The molecule has 26 heavy (non-hydrogen) atoms. The SMILES string of the molecule is CCCCc1ccc(NC(=O)C(Cc2ccccc2)NC(=O)OC)cc1. The molecule has 138 valence electrons. The smallest absolute Gasteiger partial charge is 0.407 e. The molecule has 0 spiro atoms. The molecule has 0 aliphatic heterocycles. The standard InChI is InChI=1S/C21H26N2O3/c1-3-4-8-16-11-13-18(14-12-16)22-20(24)19(23-21(25)26-2)15-17-9-6-5-7-10-17/h5-7,9-14,19H,3-4,8,15H2,1-2H3,(H,22,24)(H,23,25). The minimum atomic E-state index is -0.718. The van der Waals surface area contributed by atoms with Gasteiger partial charge in [-0.15, -0.1) is 0 Å². The molecule has 0 bridgehead atoms. The lowest BCUT2D eigenvalue weighted by Gasteiger charge is -2.18. The van der Waals surface area contributed by atoms with Crippen LogP contribution in [-0.4, -0.2) is 25.2 Å². The largest absolute Gasteiger partial charge is 0.453 e. The molecule has 1 atom stereocenters. The van der Waals surface area contributed by atoms with Crippen molar-refractivity contribution in [1.29, 1.82) is 0 Å². The van der Waals surface area contributed by atoms with Gasteiger partial charge in [-0.25, -0.2) is 4.79 Å². The van der Waals surface area contributed by atoms with E-state index in [1.807, 2.05) is 54.6 Å². The highest BCUT2D eigenvalue weighted by atomic mass is 16.5. The predicted octanol–water partition coefficient (Wildman–Crippen LogP) is 3.94. The molecule has 2 rings (SSSR count). The van der Waals surface area contributed by atoms with Crippen molar-refractivity contribution in [2.45, 2.75) is 38.6 Å². The molecule has 0 fully saturated rings. The molecule has 5 heteroatoms. The van der Waals surface area contributed by atoms with Gasteiger partial charge in [-0.3, -0.25) is 4.79 Å². The summed E-state index contributed by atoms with van der Waals surface area (Å²) in [4.78, 5) is 24.2. The van der Waals surface area contributed by atoms with Crippen LogP contribution < -0.4 is 10.6 Å². The second-order valence-electron chi connectivity index (χ2n) is 6.17. The number of anilines is 1. The quantitative estimate of drug-likeness (QED) is 0.755. The number of carbonyl (C=O) groups is 2. The third-order valence-electron chi connectivity index (χ3n) is 4.12. The topological polar surface area (TPSA) is 67.4 Å². The third-order valence-corrected chi connectivity index (χ3v) is 4.12. The Morgan fingerprint density at radius 2 is 1.69 bits per heavy atom. The Hall–Kier alpha value is -2.82. The van der Waals surface area contributed by atoms with Crippen LogP contribution in [0.3, 0.4) is 0 Å². The highest BCUT2D eigenvalue weighted by Gasteiger charge is 2.21. The van der Waals surface area contributed by atoms with Crippen molar-refractivity contribution in [2.24, 2.45) is 0 Å². The maximum Gasteiger partial charge on any atom is 0.407 e. The van der Waals surface area contributed by atoms with E-state index in [-0.39, 0.29) is 5.91 Å². The first-order valence-corrected chi connectivity index (χ1v) is 8.90. The van der Waals surface area contributed by atoms with E-state index in [0.29, 0.717) is 12.1 Å². The Kier molecular flexibility index (Phi) is 7.68. The number of unbranched alkanes of at least 4 members (excludes halogenated alkanes) is 1. The summed E-state index contributed by atoms with van der Waals surface area (Å²) in [5.41, 5.74) is 2.91. The van der Waals surface area contributed by atoms with Gasteiger partial charge in [0, 0.05) is 12.1 Å². The Balaban J connectivity index is 2.03. The number of rotatable bonds is 8. The minimum absolute atomic E-state index is 0.277. The summed E-state index contributed by atoms with van der Waals surface area (Å²) in [6, 6.07) is 16.6. The fourth-order valence-electron chi connectivity index (χ4n) is 2.63. The van der Waals surface area contributed by atoms with E-state index in [2.05, 4.69) is 22.3 Å². The van der Waals surface area contributed by atoms with Crippen LogP contribution >= 0.6 is 0 Å². The maximum atomic E-state index is 12.6. The highest BCUT2D eigenvalue weighted by molar-refractivity contribution is 5.96. The minimum Gasteiger partial charge on any atom is -0.453 e. The van der Waals surface area contributed by atoms with Crippen molar-refractivity contribution >= 4 is 17.7 Å². The van der Waals surface area contributed by atoms with Gasteiger partial charge in [0.1, 0.15) is 6.04 Å². The number of carbonyl (C=O) groups excluding carboxylic acids is 2. The monoisotopic (exact) mass is 354 g/mol. The van der Waals surface area contributed by atoms with Gasteiger partial charge < -0.3 is 15.4 Å². The number of ether oxygens (including phenoxy) is 1. The first kappa shape index (κ1) is 19.5. The van der Waals surface area contributed by atoms with Crippen molar-refractivity contribution in [1.82, 2.24) is 5.32 Å². The van der Waals surface area contributed by atoms with Crippen LogP contribution in [0.2, 0.25) is 0 Å². The summed E-state index contributed by atoms with van der Waals surface area (Å²) in [5, 5.41) is 5.47. The molecule has 1 unspecified atom stereocenters. The van der Waals surface area contributed by atoms with Gasteiger partial charge in [0.05, 0.1) is 7.11 Å². The van der Waals surface area contributed by atoms with Crippen LogP contribution in [0, 0.1) is 0 Å². The molecule has 2 aromatic rings. The molecule has 0 aliphatic rings. The summed E-state index contributed by atoms with van der Waals surface area (Å²) in [7, 11) is 1.28. The third kappa shape index (κ3) is 6.24. The Morgan fingerprint density at radius 1 is 1.00 bits per heavy atom. The van der Waals surface area contributed by atoms with Crippen LogP contribution in [0.25, 0.3) is 0 Å². The fraction of sp³-hybridized carbons (Fsp3) is 0.333. The Morgan fingerprint density at radius 3 is 2.31 bits per heavy atom. The number of aryl methyl sites for hydroxylation is 1. The highest BCUT2D eigenvalue weighted by Crippen LogP contribution is 2.13. The lowest BCUT2D eigenvalue weighted by Crippen LogP contribution is -2.45. The van der Waals surface area contributed by atoms with Gasteiger partial charge in [-0.2, -0.15) is 0 Å². The van der Waals surface area contributed by atoms with Gasteiger partial charge in [-0.05, 0) is 36.1 Å². The van der Waals surface area contributed by atoms with E-state index >= 15 is 0 Å². The van der Waals surface area contributed by atoms with Gasteiger partial charge in [-0.1, -0.05) is 55.8 Å². The lowest BCUT2D eigenvalue weighted by atomic mass is 10.0. The summed E-state index contributed by atoms with van der Waals surface area (Å²) in [6.07, 6.45) is 3.09. The second-order valence-corrected chi connectivity index (χ2v) is 6.17. The van der Waals surface area contributed by atoms with Crippen molar-refractivity contribution < 1.29 is 14.3 Å². The molecule has 0 saturated heterocycles. The number of hydrogen-bond donors (Lipinski definition) is 2. The van der Waals surface area contributed by atoms with E-state index in [4.69, 9.17) is 0 Å². The molecule has 2 aromatic carbocycles. The molecule has 0 aliphatic carbocycles. The number of methoxy groups -OCH3 is 1. The van der Waals surface area contributed by atoms with Gasteiger partial charge in [0.15, 0.2) is 0 Å². The van der Waals surface area contributed by atoms with Gasteiger partial charge in [0.2, 0.25) is 5.91 Å². The van der Waals surface area contributed by atoms with Crippen molar-refractivity contribution in [2.75, 3.05) is 12.4 Å². The zero-order valence-electron chi connectivity index (χ0n) is 15.3. The lowest BCUT2D eigenvalue weighted by molar-refractivity contribution is -0.118. The van der Waals surface area contributed by atoms with E-state index in [1.54, 1.807) is 0 Å². The summed E-state index contributed by atoms with van der Waals surface area (Å²) < 4.78 is 4.64.